The van der Waals surface area contributed by atoms with Crippen LogP contribution in [0.5, 0.6) is 0 Å². The van der Waals surface area contributed by atoms with Crippen LogP contribution in [0.4, 0.5) is 5.69 Å². The van der Waals surface area contributed by atoms with Gasteiger partial charge in [0.25, 0.3) is 0 Å². The van der Waals surface area contributed by atoms with E-state index in [2.05, 4.69) is 9.19 Å². The van der Waals surface area contributed by atoms with E-state index in [-0.39, 0.29) is 21.8 Å². The maximum absolute atomic E-state index is 12.2. The summed E-state index contributed by atoms with van der Waals surface area (Å²) in [5.74, 6) is -0.558. The number of halogens is 1. The Bertz CT molecular complexity index is 1260. The quantitative estimate of drug-likeness (QED) is 0.216. The average Bonchev–Trinajstić information content (AvgIpc) is 2.78. The number of carbonyl (C=O) groups excluding carboxylic acids is 3. The van der Waals surface area contributed by atoms with Gasteiger partial charge in [0.1, 0.15) is 0 Å². The van der Waals surface area contributed by atoms with Gasteiger partial charge in [-0.1, -0.05) is 48.0 Å². The molecule has 10 heteroatoms. The van der Waals surface area contributed by atoms with Crippen molar-refractivity contribution in [2.45, 2.75) is 6.92 Å². The Morgan fingerprint density at radius 1 is 0.906 bits per heavy atom. The van der Waals surface area contributed by atoms with Crippen LogP contribution in [-0.4, -0.2) is 41.0 Å². The smallest absolute Gasteiger partial charge is 0.196 e. The average molecular weight is 518 g/mol. The van der Waals surface area contributed by atoms with Gasteiger partial charge < -0.3 is 0 Å². The molecule has 3 aromatic carbocycles. The Kier molecular flexibility index (Phi) is 7.13. The summed E-state index contributed by atoms with van der Waals surface area (Å²) in [6.07, 6.45) is 0. The largest absolute Gasteiger partial charge is 0.289 e. The van der Waals surface area contributed by atoms with Crippen LogP contribution in [0, 0.1) is 0 Å². The van der Waals surface area contributed by atoms with Gasteiger partial charge in [-0.15, -0.1) is 0 Å². The Morgan fingerprint density at radius 3 is 2.03 bits per heavy atom. The van der Waals surface area contributed by atoms with E-state index in [4.69, 9.17) is 21.0 Å². The molecular weight excluding hydrogens is 501 g/mol. The Balaban J connectivity index is 0.000000183. The summed E-state index contributed by atoms with van der Waals surface area (Å²) in [5, 5.41) is 11.0. The van der Waals surface area contributed by atoms with Gasteiger partial charge in [-0.2, -0.15) is 0 Å². The number of hydrogen-bond donors (Lipinski definition) is 3. The van der Waals surface area contributed by atoms with Gasteiger partial charge in [0.2, 0.25) is 0 Å². The molecule has 3 N–H and O–H groups in total. The molecule has 0 saturated heterocycles. The summed E-state index contributed by atoms with van der Waals surface area (Å²) < 4.78 is 23.8. The molecule has 0 bridgehead atoms. The van der Waals surface area contributed by atoms with Crippen molar-refractivity contribution >= 4 is 53.3 Å². The first-order valence-corrected chi connectivity index (χ1v) is 12.9. The zero-order chi connectivity index (χ0) is 23.5. The van der Waals surface area contributed by atoms with Crippen molar-refractivity contribution in [1.29, 1.82) is 0 Å². The first-order valence-electron chi connectivity index (χ1n) is 9.17. The predicted molar refractivity (Wildman–Crippen MR) is 118 cm³/mol. The second-order valence-corrected chi connectivity index (χ2v) is 10.7. The first kappa shape index (κ1) is 23.7. The number of ketones is 2. The molecule has 1 aliphatic carbocycles. The summed E-state index contributed by atoms with van der Waals surface area (Å²) in [4.78, 5) is 35.1. The second-order valence-electron chi connectivity index (χ2n) is 6.70. The molecule has 0 heterocycles. The first-order chi connectivity index (χ1) is 15.2. The fourth-order valence-electron chi connectivity index (χ4n) is 3.09. The number of fused-ring (bicyclic) bond motifs is 2. The fourth-order valence-corrected chi connectivity index (χ4v) is 4.65. The van der Waals surface area contributed by atoms with Crippen LogP contribution in [0.25, 0.3) is 0 Å². The van der Waals surface area contributed by atoms with Crippen LogP contribution in [-0.2, 0) is 12.4 Å². The minimum atomic E-state index is -4.76. The fraction of sp³-hybridized carbons (Fsp3) is 0.0455. The maximum Gasteiger partial charge on any atom is 0.196 e. The molecule has 0 fully saturated rings. The minimum Gasteiger partial charge on any atom is -0.289 e. The van der Waals surface area contributed by atoms with E-state index in [1.54, 1.807) is 42.5 Å². The van der Waals surface area contributed by atoms with Crippen molar-refractivity contribution in [2.75, 3.05) is 5.32 Å². The molecule has 4 rings (SSSR count). The van der Waals surface area contributed by atoms with Crippen molar-refractivity contribution in [3.8, 4) is 0 Å². The van der Waals surface area contributed by atoms with E-state index in [9.17, 15) is 18.1 Å². The summed E-state index contributed by atoms with van der Waals surface area (Å²) in [7, 11) is 0. The van der Waals surface area contributed by atoms with Gasteiger partial charge in [-0.05, 0) is 6.07 Å². The van der Waals surface area contributed by atoms with Crippen molar-refractivity contribution in [3.63, 3.8) is 0 Å². The number of rotatable bonds is 3. The minimum absolute atomic E-state index is 0.00438. The van der Waals surface area contributed by atoms with Crippen LogP contribution < -0.4 is 9.67 Å². The zero-order valence-corrected chi connectivity index (χ0v) is 19.2. The molecule has 0 aromatic heterocycles. The molecule has 0 saturated carbocycles. The molecule has 0 spiro atoms. The van der Waals surface area contributed by atoms with E-state index in [0.29, 0.717) is 33.0 Å². The third-order valence-electron chi connectivity index (χ3n) is 4.53. The molecule has 1 unspecified atom stereocenters. The Labute approximate surface area is 190 Å². The van der Waals surface area contributed by atoms with Gasteiger partial charge in [-0.3, -0.25) is 9.59 Å². The van der Waals surface area contributed by atoms with Gasteiger partial charge >= 0.3 is 88.4 Å². The van der Waals surface area contributed by atoms with Gasteiger partial charge in [-0.25, -0.2) is 0 Å². The summed E-state index contributed by atoms with van der Waals surface area (Å²) in [6, 6.07) is 17.3. The zero-order valence-electron chi connectivity index (χ0n) is 16.6. The predicted octanol–water partition coefficient (Wildman–Crippen LogP) is 2.82. The van der Waals surface area contributed by atoms with Crippen molar-refractivity contribution < 1.29 is 31.4 Å². The maximum atomic E-state index is 12.2. The van der Waals surface area contributed by atoms with E-state index in [0.717, 1.165) is 0 Å². The standard InChI is InChI=1S/C14H7ClO2.C8H10AsNO5/c15-11-7-3-6-10-12(11)14(17)9-5-2-1-4-8(9)13(10)16;1-6(11)10-8-4-2-7(3-5-8)9(12,13)15-14/h1-7H;2-5,14H,1H3,(H,10,11)(H,12,13). The topological polar surface area (TPSA) is 130 Å². The normalized spacial score (nSPS) is 13.8. The number of hydrogen-bond acceptors (Lipinski definition) is 6. The Hall–Kier alpha value is -3.00. The van der Waals surface area contributed by atoms with Crippen molar-refractivity contribution in [2.24, 2.45) is 0 Å². The van der Waals surface area contributed by atoms with E-state index >= 15 is 0 Å². The molecule has 1 aliphatic rings. The SMILES string of the molecule is CC(=O)Nc1ccc([As](=O)(O)OO)cc1.O=C1c2ccccc2C(=O)c2c(Cl)cccc21. The Morgan fingerprint density at radius 2 is 1.47 bits per heavy atom. The van der Waals surface area contributed by atoms with Crippen LogP contribution in [0.15, 0.2) is 66.7 Å². The molecule has 164 valence electrons. The van der Waals surface area contributed by atoms with Gasteiger partial charge in [0.15, 0.2) is 11.6 Å². The van der Waals surface area contributed by atoms with Crippen molar-refractivity contribution in [3.05, 3.63) is 94.0 Å². The molecule has 1 amide bonds. The van der Waals surface area contributed by atoms with E-state index in [1.165, 1.54) is 31.2 Å². The number of amides is 1. The second kappa shape index (κ2) is 9.65. The molecule has 0 aliphatic heterocycles. The molecule has 1 atom stereocenters. The summed E-state index contributed by atoms with van der Waals surface area (Å²) in [6.45, 7) is 1.35. The number of nitrogens with one attached hydrogen (secondary N) is 1. The van der Waals surface area contributed by atoms with Crippen LogP contribution in [0.2, 0.25) is 5.02 Å². The third kappa shape index (κ3) is 4.90. The molecule has 8 nitrogen and oxygen atoms in total. The molecule has 32 heavy (non-hydrogen) atoms. The van der Waals surface area contributed by atoms with E-state index < -0.39 is 14.2 Å². The van der Waals surface area contributed by atoms with Crippen LogP contribution >= 0.6 is 11.6 Å². The third-order valence-corrected chi connectivity index (χ3v) is 7.30. The molecule has 0 radical (unpaired) electrons. The van der Waals surface area contributed by atoms with Gasteiger partial charge in [0.05, 0.1) is 10.6 Å². The van der Waals surface area contributed by atoms with Gasteiger partial charge in [0, 0.05) is 16.7 Å². The monoisotopic (exact) mass is 517 g/mol. The van der Waals surface area contributed by atoms with Crippen molar-refractivity contribution in [1.82, 2.24) is 0 Å². The van der Waals surface area contributed by atoms with E-state index in [1.807, 2.05) is 0 Å². The summed E-state index contributed by atoms with van der Waals surface area (Å²) >= 11 is 1.23. The van der Waals surface area contributed by atoms with Crippen LogP contribution in [0.3, 0.4) is 0 Å². The number of carbonyl (C=O) groups is 3. The number of benzene rings is 3. The number of anilines is 1. The molecule has 3 aromatic rings. The summed E-state index contributed by atoms with van der Waals surface area (Å²) in [5.41, 5.74) is 2.09. The van der Waals surface area contributed by atoms with Crippen LogP contribution in [0.1, 0.15) is 38.8 Å². The molecular formula is C22H17AsClNO7.